The largest absolute Gasteiger partial charge is 0.506 e. The maximum absolute atomic E-state index is 14.5. The number of halogens is 3. The molecule has 0 bridgehead atoms. The van der Waals surface area contributed by atoms with Crippen LogP contribution in [0.15, 0.2) is 61.2 Å². The molecule has 220 valence electrons. The number of phenols is 1. The first-order chi connectivity index (χ1) is 20.8. The highest BCUT2D eigenvalue weighted by Gasteiger charge is 2.28. The molecular formula is C31H28ClF2N7O2. The van der Waals surface area contributed by atoms with Crippen LogP contribution in [0.1, 0.15) is 24.4 Å². The summed E-state index contributed by atoms with van der Waals surface area (Å²) in [5, 5.41) is 35.6. The second-order valence-electron chi connectivity index (χ2n) is 10.6. The van der Waals surface area contributed by atoms with Gasteiger partial charge in [-0.3, -0.25) is 9.25 Å². The smallest absolute Gasteiger partial charge is 0.147 e. The van der Waals surface area contributed by atoms with Crippen LogP contribution in [0.2, 0.25) is 0 Å². The van der Waals surface area contributed by atoms with Gasteiger partial charge in [-0.2, -0.15) is 10.4 Å². The number of anilines is 1. The van der Waals surface area contributed by atoms with Crippen LogP contribution in [-0.4, -0.2) is 61.2 Å². The van der Waals surface area contributed by atoms with Gasteiger partial charge in [0.05, 0.1) is 41.2 Å². The summed E-state index contributed by atoms with van der Waals surface area (Å²) < 4.78 is 32.3. The van der Waals surface area contributed by atoms with Crippen molar-refractivity contribution in [3.63, 3.8) is 0 Å². The molecule has 4 N–H and O–H groups in total. The third-order valence-electron chi connectivity index (χ3n) is 7.89. The monoisotopic (exact) mass is 603 g/mol. The lowest BCUT2D eigenvalue weighted by atomic mass is 9.95. The molecule has 6 rings (SSSR count). The number of benzene rings is 2. The van der Waals surface area contributed by atoms with Gasteiger partial charge in [0, 0.05) is 66.4 Å². The standard InChI is InChI=1S/C31H28ClF2N7O2/c32-11-23(17-42)41-15-24(13-38-41)40-16-27(25-3-1-2-18(12-35)30(25)43)28-29(39-6-4-22(36)5-7-39)26(14-37-31(28)40)19-8-20(33)10-21(34)9-19/h1-3,8-10,13-16,22-23,42-43H,4-7,11,17,36H2. The summed E-state index contributed by atoms with van der Waals surface area (Å²) in [5.74, 6) is -1.49. The van der Waals surface area contributed by atoms with Gasteiger partial charge in [0.2, 0.25) is 0 Å². The van der Waals surface area contributed by atoms with Gasteiger partial charge in [-0.05, 0) is 36.6 Å². The number of fused-ring (bicyclic) bond motifs is 1. The van der Waals surface area contributed by atoms with Gasteiger partial charge in [-0.1, -0.05) is 12.1 Å². The first kappa shape index (κ1) is 28.6. The lowest BCUT2D eigenvalue weighted by molar-refractivity contribution is 0.231. The van der Waals surface area contributed by atoms with Crippen LogP contribution in [0.4, 0.5) is 14.5 Å². The Balaban J connectivity index is 1.69. The number of nitrogens with two attached hydrogens (primary N) is 1. The number of rotatable bonds is 7. The Morgan fingerprint density at radius 2 is 1.81 bits per heavy atom. The molecule has 0 aliphatic carbocycles. The van der Waals surface area contributed by atoms with Crippen LogP contribution in [0, 0.1) is 23.0 Å². The maximum atomic E-state index is 14.5. The van der Waals surface area contributed by atoms with Crippen molar-refractivity contribution in [1.29, 1.82) is 5.26 Å². The van der Waals surface area contributed by atoms with Gasteiger partial charge < -0.3 is 20.8 Å². The molecule has 3 aromatic heterocycles. The Hall–Kier alpha value is -4.50. The minimum Gasteiger partial charge on any atom is -0.506 e. The number of para-hydroxylation sites is 1. The first-order valence-electron chi connectivity index (χ1n) is 13.8. The van der Waals surface area contributed by atoms with Crippen molar-refractivity contribution in [3.05, 3.63) is 78.4 Å². The lowest BCUT2D eigenvalue weighted by Crippen LogP contribution is -2.40. The number of hydrogen-bond acceptors (Lipinski definition) is 7. The summed E-state index contributed by atoms with van der Waals surface area (Å²) >= 11 is 6.04. The third-order valence-corrected chi connectivity index (χ3v) is 8.25. The zero-order chi connectivity index (χ0) is 30.2. The van der Waals surface area contributed by atoms with Gasteiger partial charge in [0.1, 0.15) is 29.1 Å². The normalized spacial score (nSPS) is 14.7. The molecule has 1 saturated heterocycles. The predicted octanol–water partition coefficient (Wildman–Crippen LogP) is 5.11. The van der Waals surface area contributed by atoms with Crippen molar-refractivity contribution in [2.45, 2.75) is 24.9 Å². The lowest BCUT2D eigenvalue weighted by Gasteiger charge is -2.34. The number of aromatic hydroxyl groups is 1. The van der Waals surface area contributed by atoms with E-state index in [9.17, 15) is 24.3 Å². The number of piperidine rings is 1. The average Bonchev–Trinajstić information content (AvgIpc) is 3.63. The third kappa shape index (κ3) is 5.18. The fraction of sp³-hybridized carbons (Fsp3) is 0.258. The molecular weight excluding hydrogens is 576 g/mol. The number of aliphatic hydroxyl groups is 1. The fourth-order valence-corrected chi connectivity index (χ4v) is 5.90. The van der Waals surface area contributed by atoms with Crippen LogP contribution in [0.25, 0.3) is 39.0 Å². The van der Waals surface area contributed by atoms with E-state index in [1.807, 2.05) is 6.07 Å². The van der Waals surface area contributed by atoms with E-state index in [2.05, 4.69) is 10.00 Å². The molecule has 1 aliphatic rings. The summed E-state index contributed by atoms with van der Waals surface area (Å²) in [7, 11) is 0. The molecule has 43 heavy (non-hydrogen) atoms. The van der Waals surface area contributed by atoms with Crippen molar-refractivity contribution in [2.24, 2.45) is 5.73 Å². The van der Waals surface area contributed by atoms with Crippen molar-refractivity contribution < 1.29 is 19.0 Å². The molecule has 0 saturated carbocycles. The number of aliphatic hydroxyl groups excluding tert-OH is 1. The Morgan fingerprint density at radius 3 is 2.49 bits per heavy atom. The number of phenolic OH excluding ortho intramolecular Hbond substituents is 1. The molecule has 1 atom stereocenters. The van der Waals surface area contributed by atoms with Crippen molar-refractivity contribution in [2.75, 3.05) is 30.5 Å². The van der Waals surface area contributed by atoms with E-state index in [0.29, 0.717) is 70.6 Å². The molecule has 12 heteroatoms. The van der Waals surface area contributed by atoms with Crippen molar-refractivity contribution in [3.8, 4) is 39.8 Å². The van der Waals surface area contributed by atoms with Gasteiger partial charge in [0.15, 0.2) is 0 Å². The van der Waals surface area contributed by atoms with E-state index in [0.717, 1.165) is 6.07 Å². The number of aromatic nitrogens is 4. The quantitative estimate of drug-likeness (QED) is 0.220. The van der Waals surface area contributed by atoms with Gasteiger partial charge in [0.25, 0.3) is 0 Å². The summed E-state index contributed by atoms with van der Waals surface area (Å²) in [6, 6.07) is 9.87. The Morgan fingerprint density at radius 1 is 1.07 bits per heavy atom. The predicted molar refractivity (Wildman–Crippen MR) is 160 cm³/mol. The number of nitriles is 1. The van der Waals surface area contributed by atoms with E-state index >= 15 is 0 Å². The van der Waals surface area contributed by atoms with Gasteiger partial charge in [-0.25, -0.2) is 13.8 Å². The molecule has 1 aliphatic heterocycles. The number of nitrogens with zero attached hydrogens (tertiary/aromatic N) is 6. The Kier molecular flexibility index (Phi) is 7.75. The number of hydrogen-bond donors (Lipinski definition) is 3. The van der Waals surface area contributed by atoms with E-state index in [1.165, 1.54) is 18.2 Å². The van der Waals surface area contributed by atoms with Crippen molar-refractivity contribution >= 4 is 28.3 Å². The molecule has 9 nitrogen and oxygen atoms in total. The molecule has 0 spiro atoms. The molecule has 5 aromatic rings. The Labute approximate surface area is 251 Å². The topological polar surface area (TPSA) is 129 Å². The van der Waals surface area contributed by atoms with Crippen LogP contribution < -0.4 is 10.6 Å². The van der Waals surface area contributed by atoms with Crippen LogP contribution in [0.3, 0.4) is 0 Å². The molecule has 1 unspecified atom stereocenters. The molecule has 0 amide bonds. The van der Waals surface area contributed by atoms with E-state index < -0.39 is 17.7 Å². The molecule has 1 fully saturated rings. The van der Waals surface area contributed by atoms with Gasteiger partial charge >= 0.3 is 0 Å². The highest BCUT2D eigenvalue weighted by molar-refractivity contribution is 6.18. The summed E-state index contributed by atoms with van der Waals surface area (Å²) in [6.45, 7) is 0.974. The number of alkyl halides is 1. The Bertz CT molecular complexity index is 1830. The summed E-state index contributed by atoms with van der Waals surface area (Å²) in [5.41, 5.74) is 9.89. The van der Waals surface area contributed by atoms with Crippen LogP contribution in [0.5, 0.6) is 5.75 Å². The zero-order valence-electron chi connectivity index (χ0n) is 23.0. The van der Waals surface area contributed by atoms with E-state index in [-0.39, 0.29) is 29.8 Å². The van der Waals surface area contributed by atoms with Crippen LogP contribution in [-0.2, 0) is 0 Å². The molecule has 4 heterocycles. The highest BCUT2D eigenvalue weighted by Crippen LogP contribution is 2.46. The SMILES string of the molecule is N#Cc1cccc(-c2cn(-c3cnn(C(CO)CCl)c3)c3ncc(-c4cc(F)cc(F)c4)c(N4CCC(N)CC4)c23)c1O. The maximum Gasteiger partial charge on any atom is 0.147 e. The number of pyridine rings is 1. The van der Waals surface area contributed by atoms with Crippen LogP contribution >= 0.6 is 11.6 Å². The van der Waals surface area contributed by atoms with Crippen molar-refractivity contribution in [1.82, 2.24) is 19.3 Å². The average molecular weight is 604 g/mol. The second-order valence-corrected chi connectivity index (χ2v) is 10.9. The first-order valence-corrected chi connectivity index (χ1v) is 14.3. The van der Waals surface area contributed by atoms with Gasteiger partial charge in [-0.15, -0.1) is 11.6 Å². The zero-order valence-corrected chi connectivity index (χ0v) is 23.7. The summed E-state index contributed by atoms with van der Waals surface area (Å²) in [4.78, 5) is 6.91. The summed E-state index contributed by atoms with van der Waals surface area (Å²) in [6.07, 6.45) is 8.14. The molecule has 0 radical (unpaired) electrons. The second kappa shape index (κ2) is 11.6. The fourth-order valence-electron chi connectivity index (χ4n) is 5.66. The van der Waals surface area contributed by atoms with E-state index in [4.69, 9.17) is 22.3 Å². The minimum atomic E-state index is -0.719. The molecule has 2 aromatic carbocycles. The highest BCUT2D eigenvalue weighted by atomic mass is 35.5. The minimum absolute atomic E-state index is 0.0244. The van der Waals surface area contributed by atoms with E-state index in [1.54, 1.807) is 46.2 Å².